The number of halogens is 2. The van der Waals surface area contributed by atoms with E-state index in [1.807, 2.05) is 6.92 Å². The zero-order valence-corrected chi connectivity index (χ0v) is 13.9. The first-order valence-electron chi connectivity index (χ1n) is 6.35. The Labute approximate surface area is 133 Å². The quantitative estimate of drug-likeness (QED) is 0.785. The number of ether oxygens (including phenoxy) is 1. The van der Waals surface area contributed by atoms with E-state index in [4.69, 9.17) is 27.0 Å². The van der Waals surface area contributed by atoms with Crippen molar-refractivity contribution in [2.24, 2.45) is 0 Å². The number of nitrogens with zero attached hydrogens (tertiary/aromatic N) is 1. The van der Waals surface area contributed by atoms with Crippen LogP contribution in [0.2, 0.25) is 5.02 Å². The van der Waals surface area contributed by atoms with Crippen molar-refractivity contribution in [2.45, 2.75) is 30.4 Å². The van der Waals surface area contributed by atoms with Crippen molar-refractivity contribution < 1.29 is 17.9 Å². The summed E-state index contributed by atoms with van der Waals surface area (Å²) in [4.78, 5) is 13.9. The van der Waals surface area contributed by atoms with E-state index in [2.05, 4.69) is 0 Å². The van der Waals surface area contributed by atoms with Crippen LogP contribution in [0.4, 0.5) is 0 Å². The van der Waals surface area contributed by atoms with Crippen molar-refractivity contribution in [1.82, 2.24) is 4.90 Å². The van der Waals surface area contributed by atoms with Crippen molar-refractivity contribution in [3.63, 3.8) is 0 Å². The van der Waals surface area contributed by atoms with Gasteiger partial charge in [0.15, 0.2) is 0 Å². The zero-order chi connectivity index (χ0) is 15.8. The molecule has 0 saturated carbocycles. The molecule has 0 bridgehead atoms. The molecule has 1 aliphatic heterocycles. The molecule has 1 fully saturated rings. The molecule has 116 valence electrons. The lowest BCUT2D eigenvalue weighted by molar-refractivity contribution is 0.0574. The van der Waals surface area contributed by atoms with E-state index in [9.17, 15) is 13.2 Å². The van der Waals surface area contributed by atoms with E-state index in [1.54, 1.807) is 7.05 Å². The molecule has 0 aromatic heterocycles. The maximum absolute atomic E-state index is 12.5. The number of hydrogen-bond donors (Lipinski definition) is 0. The number of carbonyl (C=O) groups is 1. The van der Waals surface area contributed by atoms with Gasteiger partial charge in [-0.1, -0.05) is 11.6 Å². The van der Waals surface area contributed by atoms with E-state index in [-0.39, 0.29) is 33.5 Å². The fraction of sp³-hybridized carbons (Fsp3) is 0.462. The van der Waals surface area contributed by atoms with Gasteiger partial charge in [0.2, 0.25) is 0 Å². The summed E-state index contributed by atoms with van der Waals surface area (Å²) in [5.74, 6) is -0.357. The number of carbonyl (C=O) groups excluding carboxylic acids is 1. The molecule has 5 nitrogen and oxygen atoms in total. The van der Waals surface area contributed by atoms with Gasteiger partial charge >= 0.3 is 0 Å². The van der Waals surface area contributed by atoms with Crippen LogP contribution >= 0.6 is 22.3 Å². The third-order valence-corrected chi connectivity index (χ3v) is 5.28. The lowest BCUT2D eigenvalue weighted by atomic mass is 10.1. The third-order valence-electron chi connectivity index (χ3n) is 3.60. The van der Waals surface area contributed by atoms with Crippen LogP contribution < -0.4 is 0 Å². The van der Waals surface area contributed by atoms with Crippen LogP contribution in [-0.2, 0) is 13.8 Å². The maximum atomic E-state index is 12.5. The maximum Gasteiger partial charge on any atom is 0.261 e. The van der Waals surface area contributed by atoms with Crippen molar-refractivity contribution in [1.29, 1.82) is 0 Å². The number of benzene rings is 1. The number of amides is 1. The monoisotopic (exact) mass is 351 g/mol. The second-order valence-electron chi connectivity index (χ2n) is 4.93. The van der Waals surface area contributed by atoms with Gasteiger partial charge in [-0.3, -0.25) is 4.79 Å². The second kappa shape index (κ2) is 6.12. The van der Waals surface area contributed by atoms with E-state index in [0.29, 0.717) is 6.61 Å². The van der Waals surface area contributed by atoms with Crippen LogP contribution in [-0.4, -0.2) is 45.0 Å². The summed E-state index contributed by atoms with van der Waals surface area (Å²) in [5, 5.41) is 0.183. The van der Waals surface area contributed by atoms with Crippen LogP contribution in [0.1, 0.15) is 23.7 Å². The van der Waals surface area contributed by atoms with Gasteiger partial charge in [-0.25, -0.2) is 8.42 Å². The van der Waals surface area contributed by atoms with Gasteiger partial charge < -0.3 is 9.64 Å². The molecule has 2 atom stereocenters. The Morgan fingerprint density at radius 1 is 1.43 bits per heavy atom. The highest BCUT2D eigenvalue weighted by atomic mass is 35.7. The predicted molar refractivity (Wildman–Crippen MR) is 80.4 cm³/mol. The smallest absolute Gasteiger partial charge is 0.261 e. The molecule has 0 radical (unpaired) electrons. The molecular weight excluding hydrogens is 337 g/mol. The van der Waals surface area contributed by atoms with E-state index < -0.39 is 9.05 Å². The SMILES string of the molecule is CC1OCCC1N(C)C(=O)c1cc(S(=O)(=O)Cl)ccc1Cl. The van der Waals surface area contributed by atoms with Gasteiger partial charge in [0, 0.05) is 24.3 Å². The van der Waals surface area contributed by atoms with Gasteiger partial charge in [0.25, 0.3) is 15.0 Å². The molecule has 1 aromatic carbocycles. The van der Waals surface area contributed by atoms with Crippen molar-refractivity contribution >= 4 is 37.2 Å². The summed E-state index contributed by atoms with van der Waals surface area (Å²) in [6.45, 7) is 2.48. The molecule has 21 heavy (non-hydrogen) atoms. The van der Waals surface area contributed by atoms with E-state index in [0.717, 1.165) is 6.42 Å². The summed E-state index contributed by atoms with van der Waals surface area (Å²) >= 11 is 6.01. The largest absolute Gasteiger partial charge is 0.376 e. The van der Waals surface area contributed by atoms with Gasteiger partial charge in [0.05, 0.1) is 27.6 Å². The van der Waals surface area contributed by atoms with Crippen molar-refractivity contribution in [2.75, 3.05) is 13.7 Å². The first-order valence-corrected chi connectivity index (χ1v) is 9.03. The van der Waals surface area contributed by atoms with E-state index >= 15 is 0 Å². The normalized spacial score (nSPS) is 22.3. The highest BCUT2D eigenvalue weighted by molar-refractivity contribution is 8.13. The van der Waals surface area contributed by atoms with Crippen molar-refractivity contribution in [3.8, 4) is 0 Å². The summed E-state index contributed by atoms with van der Waals surface area (Å²) in [7, 11) is 3.04. The van der Waals surface area contributed by atoms with Gasteiger partial charge in [0.1, 0.15) is 0 Å². The first kappa shape index (κ1) is 16.5. The Hall–Kier alpha value is -0.820. The minimum Gasteiger partial charge on any atom is -0.376 e. The molecule has 1 aromatic rings. The molecule has 1 saturated heterocycles. The highest BCUT2D eigenvalue weighted by Gasteiger charge is 2.32. The van der Waals surface area contributed by atoms with Crippen LogP contribution in [0.5, 0.6) is 0 Å². The number of hydrogen-bond acceptors (Lipinski definition) is 4. The Balaban J connectivity index is 2.34. The molecule has 1 heterocycles. The van der Waals surface area contributed by atoms with Crippen LogP contribution in [0.3, 0.4) is 0 Å². The van der Waals surface area contributed by atoms with Gasteiger partial charge in [-0.2, -0.15) is 0 Å². The molecular formula is C13H15Cl2NO4S. The summed E-state index contributed by atoms with van der Waals surface area (Å²) < 4.78 is 28.2. The van der Waals surface area contributed by atoms with Gasteiger partial charge in [-0.15, -0.1) is 0 Å². The lowest BCUT2D eigenvalue weighted by Gasteiger charge is -2.27. The summed E-state index contributed by atoms with van der Waals surface area (Å²) in [5.41, 5.74) is 0.111. The Bertz CT molecular complexity index is 662. The minimum atomic E-state index is -3.91. The Morgan fingerprint density at radius 2 is 2.10 bits per heavy atom. The topological polar surface area (TPSA) is 63.7 Å². The molecule has 1 aliphatic rings. The first-order chi connectivity index (χ1) is 9.71. The molecule has 0 N–H and O–H groups in total. The third kappa shape index (κ3) is 3.51. The van der Waals surface area contributed by atoms with Crippen LogP contribution in [0.25, 0.3) is 0 Å². The zero-order valence-electron chi connectivity index (χ0n) is 11.5. The molecule has 1 amide bonds. The molecule has 8 heteroatoms. The number of likely N-dealkylation sites (N-methyl/N-ethyl adjacent to an activating group) is 1. The van der Waals surface area contributed by atoms with E-state index in [1.165, 1.54) is 23.1 Å². The van der Waals surface area contributed by atoms with Crippen LogP contribution in [0, 0.1) is 0 Å². The average molecular weight is 352 g/mol. The predicted octanol–water partition coefficient (Wildman–Crippen LogP) is 2.52. The Morgan fingerprint density at radius 3 is 2.62 bits per heavy atom. The van der Waals surface area contributed by atoms with Gasteiger partial charge in [-0.05, 0) is 31.5 Å². The average Bonchev–Trinajstić information content (AvgIpc) is 2.82. The van der Waals surface area contributed by atoms with Crippen molar-refractivity contribution in [3.05, 3.63) is 28.8 Å². The molecule has 0 spiro atoms. The summed E-state index contributed by atoms with van der Waals surface area (Å²) in [6, 6.07) is 3.75. The molecule has 2 rings (SSSR count). The summed E-state index contributed by atoms with van der Waals surface area (Å²) in [6.07, 6.45) is 0.659. The Kier molecular flexibility index (Phi) is 4.82. The molecule has 2 unspecified atom stereocenters. The highest BCUT2D eigenvalue weighted by Crippen LogP contribution is 2.26. The number of rotatable bonds is 3. The standard InChI is InChI=1S/C13H15Cl2NO4S/c1-8-12(5-6-20-8)16(2)13(17)10-7-9(21(15,18)19)3-4-11(10)14/h3-4,7-8,12H,5-6H2,1-2H3. The second-order valence-corrected chi connectivity index (χ2v) is 7.90. The minimum absolute atomic E-state index is 0.0650. The lowest BCUT2D eigenvalue weighted by Crippen LogP contribution is -2.41. The van der Waals surface area contributed by atoms with Crippen LogP contribution in [0.15, 0.2) is 23.1 Å². The fourth-order valence-electron chi connectivity index (χ4n) is 2.39. The fourth-order valence-corrected chi connectivity index (χ4v) is 3.37. The molecule has 0 aliphatic carbocycles.